The average Bonchev–Trinajstić information content (AvgIpc) is 3.43. The van der Waals surface area contributed by atoms with Gasteiger partial charge in [-0.2, -0.15) is 0 Å². The minimum Gasteiger partial charge on any atom is -0.454 e. The van der Waals surface area contributed by atoms with Gasteiger partial charge in [0.1, 0.15) is 0 Å². The Morgan fingerprint density at radius 3 is 2.96 bits per heavy atom. The van der Waals surface area contributed by atoms with Crippen LogP contribution >= 0.6 is 11.8 Å². The van der Waals surface area contributed by atoms with E-state index in [0.29, 0.717) is 29.2 Å². The van der Waals surface area contributed by atoms with E-state index < -0.39 is 0 Å². The van der Waals surface area contributed by atoms with Gasteiger partial charge in [0.25, 0.3) is 5.22 Å². The molecule has 0 saturated carbocycles. The smallest absolute Gasteiger partial charge is 0.326 e. The molecule has 0 saturated heterocycles. The van der Waals surface area contributed by atoms with Gasteiger partial charge >= 0.3 is 5.69 Å². The maximum absolute atomic E-state index is 12.1. The molecule has 1 aliphatic rings. The highest BCUT2D eigenvalue weighted by Crippen LogP contribution is 2.36. The molecule has 9 heteroatoms. The zero-order valence-electron chi connectivity index (χ0n) is 14.8. The molecule has 4 aromatic rings. The average molecular weight is 396 g/mol. The Morgan fingerprint density at radius 1 is 1.11 bits per heavy atom. The van der Waals surface area contributed by atoms with E-state index in [4.69, 9.17) is 13.9 Å². The first kappa shape index (κ1) is 16.9. The normalized spacial score (nSPS) is 12.7. The SMILES string of the molecule is O=c1[nH]c2ccccc2n1CCCSc1nnc(-c2ccc3c(c2)OCO3)o1. The third kappa shape index (κ3) is 3.13. The number of ether oxygens (including phenoxy) is 2. The minimum absolute atomic E-state index is 0.0888. The van der Waals surface area contributed by atoms with Crippen LogP contribution in [0.5, 0.6) is 11.5 Å². The second-order valence-electron chi connectivity index (χ2n) is 6.24. The predicted octanol–water partition coefficient (Wildman–Crippen LogP) is 3.29. The van der Waals surface area contributed by atoms with Crippen LogP contribution in [0.4, 0.5) is 0 Å². The molecule has 0 atom stereocenters. The fraction of sp³-hybridized carbons (Fsp3) is 0.211. The van der Waals surface area contributed by atoms with Crippen molar-refractivity contribution in [2.24, 2.45) is 0 Å². The molecule has 0 fully saturated rings. The van der Waals surface area contributed by atoms with E-state index in [2.05, 4.69) is 15.2 Å². The van der Waals surface area contributed by atoms with Crippen LogP contribution in [0.25, 0.3) is 22.5 Å². The largest absolute Gasteiger partial charge is 0.454 e. The van der Waals surface area contributed by atoms with Crippen LogP contribution in [0.15, 0.2) is 56.9 Å². The van der Waals surface area contributed by atoms with Crippen LogP contribution < -0.4 is 15.2 Å². The maximum Gasteiger partial charge on any atom is 0.326 e. The first-order chi connectivity index (χ1) is 13.8. The molecule has 2 aromatic heterocycles. The van der Waals surface area contributed by atoms with Crippen molar-refractivity contribution in [3.8, 4) is 23.0 Å². The molecule has 142 valence electrons. The molecule has 0 amide bonds. The van der Waals surface area contributed by atoms with Crippen LogP contribution in [0, 0.1) is 0 Å². The van der Waals surface area contributed by atoms with E-state index >= 15 is 0 Å². The number of H-pyrrole nitrogens is 1. The van der Waals surface area contributed by atoms with Gasteiger partial charge in [0.2, 0.25) is 12.7 Å². The monoisotopic (exact) mass is 396 g/mol. The van der Waals surface area contributed by atoms with Crippen molar-refractivity contribution in [2.45, 2.75) is 18.2 Å². The number of rotatable bonds is 6. The molecule has 0 aliphatic carbocycles. The highest BCUT2D eigenvalue weighted by atomic mass is 32.2. The van der Waals surface area contributed by atoms with Crippen molar-refractivity contribution < 1.29 is 13.9 Å². The number of aromatic amines is 1. The highest BCUT2D eigenvalue weighted by molar-refractivity contribution is 7.99. The Hall–Kier alpha value is -3.20. The number of para-hydroxylation sites is 2. The van der Waals surface area contributed by atoms with Crippen LogP contribution in [-0.2, 0) is 6.54 Å². The van der Waals surface area contributed by atoms with Gasteiger partial charge < -0.3 is 18.9 Å². The van der Waals surface area contributed by atoms with Gasteiger partial charge in [-0.3, -0.25) is 4.57 Å². The molecule has 0 bridgehead atoms. The molecule has 3 heterocycles. The summed E-state index contributed by atoms with van der Waals surface area (Å²) in [6.07, 6.45) is 0.800. The first-order valence-electron chi connectivity index (χ1n) is 8.82. The van der Waals surface area contributed by atoms with Crippen LogP contribution in [0.3, 0.4) is 0 Å². The number of aryl methyl sites for hydroxylation is 1. The number of imidazole rings is 1. The summed E-state index contributed by atoms with van der Waals surface area (Å²) in [7, 11) is 0. The van der Waals surface area contributed by atoms with Crippen molar-refractivity contribution >= 4 is 22.8 Å². The van der Waals surface area contributed by atoms with Crippen molar-refractivity contribution in [2.75, 3.05) is 12.5 Å². The quantitative estimate of drug-likeness (QED) is 0.395. The van der Waals surface area contributed by atoms with E-state index in [1.54, 1.807) is 4.57 Å². The Kier molecular flexibility index (Phi) is 4.28. The minimum atomic E-state index is -0.0888. The molecule has 0 spiro atoms. The van der Waals surface area contributed by atoms with Gasteiger partial charge in [0.05, 0.1) is 11.0 Å². The zero-order valence-corrected chi connectivity index (χ0v) is 15.6. The molecule has 1 aliphatic heterocycles. The van der Waals surface area contributed by atoms with E-state index in [1.165, 1.54) is 11.8 Å². The molecular weight excluding hydrogens is 380 g/mol. The van der Waals surface area contributed by atoms with Crippen LogP contribution in [-0.4, -0.2) is 32.3 Å². The summed E-state index contributed by atoms with van der Waals surface area (Å²) in [6.45, 7) is 0.849. The summed E-state index contributed by atoms with van der Waals surface area (Å²) in [5, 5.41) is 8.69. The molecule has 5 rings (SSSR count). The van der Waals surface area contributed by atoms with E-state index in [9.17, 15) is 4.79 Å². The van der Waals surface area contributed by atoms with Gasteiger partial charge in [-0.1, -0.05) is 23.9 Å². The lowest BCUT2D eigenvalue weighted by molar-refractivity contribution is 0.174. The first-order valence-corrected chi connectivity index (χ1v) is 9.80. The number of thioether (sulfide) groups is 1. The molecular formula is C19H16N4O4S. The van der Waals surface area contributed by atoms with Gasteiger partial charge in [-0.15, -0.1) is 10.2 Å². The maximum atomic E-state index is 12.1. The summed E-state index contributed by atoms with van der Waals surface area (Å²) in [6, 6.07) is 13.2. The lowest BCUT2D eigenvalue weighted by Gasteiger charge is -2.02. The Morgan fingerprint density at radius 2 is 2.00 bits per heavy atom. The number of hydrogen-bond donors (Lipinski definition) is 1. The Bertz CT molecular complexity index is 1200. The number of hydrogen-bond acceptors (Lipinski definition) is 7. The number of nitrogens with one attached hydrogen (secondary N) is 1. The Balaban J connectivity index is 1.21. The van der Waals surface area contributed by atoms with Gasteiger partial charge in [0, 0.05) is 17.9 Å². The summed E-state index contributed by atoms with van der Waals surface area (Å²) in [5.74, 6) is 2.59. The number of nitrogens with zero attached hydrogens (tertiary/aromatic N) is 3. The predicted molar refractivity (Wildman–Crippen MR) is 104 cm³/mol. The third-order valence-electron chi connectivity index (χ3n) is 4.46. The molecule has 0 unspecified atom stereocenters. The topological polar surface area (TPSA) is 95.2 Å². The summed E-state index contributed by atoms with van der Waals surface area (Å²) in [5.41, 5.74) is 2.47. The van der Waals surface area contributed by atoms with Crippen molar-refractivity contribution in [1.82, 2.24) is 19.7 Å². The standard InChI is InChI=1S/C19H16N4O4S/c24-18-20-13-4-1-2-5-14(13)23(18)8-3-9-28-19-22-21-17(27-19)12-6-7-15-16(10-12)26-11-25-15/h1-2,4-7,10H,3,8-9,11H2,(H,20,24). The molecule has 2 aromatic carbocycles. The fourth-order valence-electron chi connectivity index (χ4n) is 3.13. The van der Waals surface area contributed by atoms with E-state index in [1.807, 2.05) is 42.5 Å². The summed E-state index contributed by atoms with van der Waals surface area (Å²) >= 11 is 1.47. The van der Waals surface area contributed by atoms with Gasteiger partial charge in [0.15, 0.2) is 11.5 Å². The van der Waals surface area contributed by atoms with E-state index in [0.717, 1.165) is 28.8 Å². The molecule has 28 heavy (non-hydrogen) atoms. The highest BCUT2D eigenvalue weighted by Gasteiger charge is 2.17. The number of aromatic nitrogens is 4. The third-order valence-corrected chi connectivity index (χ3v) is 5.36. The Labute approximate surface area is 163 Å². The van der Waals surface area contributed by atoms with Crippen molar-refractivity contribution in [3.05, 3.63) is 52.9 Å². The lowest BCUT2D eigenvalue weighted by Crippen LogP contribution is -2.17. The second-order valence-corrected chi connectivity index (χ2v) is 7.29. The van der Waals surface area contributed by atoms with Crippen LogP contribution in [0.2, 0.25) is 0 Å². The number of fused-ring (bicyclic) bond motifs is 2. The van der Waals surface area contributed by atoms with Crippen molar-refractivity contribution in [1.29, 1.82) is 0 Å². The summed E-state index contributed by atoms with van der Waals surface area (Å²) in [4.78, 5) is 14.9. The molecule has 1 N–H and O–H groups in total. The van der Waals surface area contributed by atoms with Crippen molar-refractivity contribution in [3.63, 3.8) is 0 Å². The molecule has 0 radical (unpaired) electrons. The fourth-order valence-corrected chi connectivity index (χ4v) is 3.81. The zero-order chi connectivity index (χ0) is 18.9. The number of benzene rings is 2. The van der Waals surface area contributed by atoms with E-state index in [-0.39, 0.29) is 12.5 Å². The summed E-state index contributed by atoms with van der Waals surface area (Å²) < 4.78 is 18.2. The molecule has 8 nitrogen and oxygen atoms in total. The van der Waals surface area contributed by atoms with Gasteiger partial charge in [-0.05, 0) is 36.8 Å². The lowest BCUT2D eigenvalue weighted by atomic mass is 10.2. The second kappa shape index (κ2) is 7.08. The van der Waals surface area contributed by atoms with Gasteiger partial charge in [-0.25, -0.2) is 4.79 Å². The van der Waals surface area contributed by atoms with Crippen LogP contribution in [0.1, 0.15) is 6.42 Å².